The highest BCUT2D eigenvalue weighted by atomic mass is 15.1. The molecule has 0 aliphatic heterocycles. The van der Waals surface area contributed by atoms with E-state index in [0.717, 1.165) is 17.1 Å². The molecule has 9 aromatic rings. The van der Waals surface area contributed by atoms with Crippen LogP contribution in [0.3, 0.4) is 0 Å². The minimum Gasteiger partial charge on any atom is -0.311 e. The first-order chi connectivity index (χ1) is 24.8. The molecule has 0 amide bonds. The molecule has 0 saturated heterocycles. The molecule has 1 aromatic heterocycles. The van der Waals surface area contributed by atoms with Crippen LogP contribution in [-0.2, 0) is 0 Å². The van der Waals surface area contributed by atoms with Crippen LogP contribution in [0.4, 0.5) is 17.1 Å². The molecule has 0 saturated carbocycles. The molecule has 0 radical (unpaired) electrons. The van der Waals surface area contributed by atoms with Gasteiger partial charge in [-0.1, -0.05) is 152 Å². The molecular weight excluding hydrogens is 605 g/mol. The van der Waals surface area contributed by atoms with Crippen molar-refractivity contribution in [3.05, 3.63) is 206 Å². The Morgan fingerprint density at radius 2 is 0.660 bits per heavy atom. The van der Waals surface area contributed by atoms with Crippen LogP contribution >= 0.6 is 0 Å². The zero-order chi connectivity index (χ0) is 33.3. The number of nitrogens with zero attached hydrogens (tertiary/aromatic N) is 2. The predicted molar refractivity (Wildman–Crippen MR) is 212 cm³/mol. The number of aromatic nitrogens is 1. The Morgan fingerprint density at radius 1 is 0.280 bits per heavy atom. The Labute approximate surface area is 292 Å². The molecule has 2 nitrogen and oxygen atoms in total. The van der Waals surface area contributed by atoms with E-state index in [4.69, 9.17) is 0 Å². The van der Waals surface area contributed by atoms with Gasteiger partial charge in [0.15, 0.2) is 0 Å². The highest BCUT2D eigenvalue weighted by Crippen LogP contribution is 2.39. The summed E-state index contributed by atoms with van der Waals surface area (Å²) in [5.41, 5.74) is 14.1. The Morgan fingerprint density at radius 3 is 1.22 bits per heavy atom. The molecule has 0 N–H and O–H groups in total. The van der Waals surface area contributed by atoms with Gasteiger partial charge in [0.05, 0.1) is 16.7 Å². The van der Waals surface area contributed by atoms with E-state index in [-0.39, 0.29) is 0 Å². The Bertz CT molecular complexity index is 2490. The number of benzene rings is 8. The molecule has 8 aromatic carbocycles. The van der Waals surface area contributed by atoms with Crippen LogP contribution in [0.25, 0.3) is 60.9 Å². The van der Waals surface area contributed by atoms with Gasteiger partial charge < -0.3 is 9.47 Å². The summed E-state index contributed by atoms with van der Waals surface area (Å²) in [7, 11) is 0. The molecule has 0 unspecified atom stereocenters. The summed E-state index contributed by atoms with van der Waals surface area (Å²) in [6, 6.07) is 73.9. The fourth-order valence-corrected chi connectivity index (χ4v) is 7.20. The highest BCUT2D eigenvalue weighted by Gasteiger charge is 2.17. The van der Waals surface area contributed by atoms with Crippen LogP contribution in [-0.4, -0.2) is 4.57 Å². The number of fused-ring (bicyclic) bond motifs is 3. The average molecular weight is 639 g/mol. The number of para-hydroxylation sites is 4. The molecule has 50 heavy (non-hydrogen) atoms. The smallest absolute Gasteiger partial charge is 0.0541 e. The van der Waals surface area contributed by atoms with Crippen molar-refractivity contribution in [2.45, 2.75) is 0 Å². The minimum absolute atomic E-state index is 1.11. The summed E-state index contributed by atoms with van der Waals surface area (Å²) in [5, 5.41) is 2.53. The van der Waals surface area contributed by atoms with Crippen LogP contribution in [0.15, 0.2) is 206 Å². The molecule has 1 heterocycles. The van der Waals surface area contributed by atoms with Crippen LogP contribution < -0.4 is 4.90 Å². The molecule has 0 aliphatic carbocycles. The first-order valence-corrected chi connectivity index (χ1v) is 17.1. The van der Waals surface area contributed by atoms with Crippen molar-refractivity contribution < 1.29 is 0 Å². The molecule has 9 rings (SSSR count). The number of anilines is 3. The number of hydrogen-bond donors (Lipinski definition) is 0. The van der Waals surface area contributed by atoms with Gasteiger partial charge in [0.1, 0.15) is 0 Å². The summed E-state index contributed by atoms with van der Waals surface area (Å²) in [6.07, 6.45) is 0. The fourth-order valence-electron chi connectivity index (χ4n) is 7.20. The number of hydrogen-bond acceptors (Lipinski definition) is 1. The third-order valence-electron chi connectivity index (χ3n) is 9.63. The standard InChI is InChI=1S/C48H34N2/c1-3-13-35(14-4-1)36-23-25-37(26-24-36)38-27-31-41(32-28-38)49(40-15-5-2-6-16-40)42-33-29-39(30-34-42)43-17-7-10-20-46(43)50-47-21-11-8-18-44(47)45-19-9-12-22-48(45)50/h1-34H. The van der Waals surface area contributed by atoms with E-state index in [0.29, 0.717) is 0 Å². The average Bonchev–Trinajstić information content (AvgIpc) is 3.54. The van der Waals surface area contributed by atoms with E-state index in [9.17, 15) is 0 Å². The molecule has 0 spiro atoms. The second-order valence-electron chi connectivity index (χ2n) is 12.6. The van der Waals surface area contributed by atoms with Crippen molar-refractivity contribution in [3.8, 4) is 39.1 Å². The Kier molecular flexibility index (Phi) is 7.53. The van der Waals surface area contributed by atoms with Crippen molar-refractivity contribution in [1.29, 1.82) is 0 Å². The Balaban J connectivity index is 1.07. The van der Waals surface area contributed by atoms with E-state index in [1.165, 1.54) is 60.9 Å². The maximum Gasteiger partial charge on any atom is 0.0541 e. The second-order valence-corrected chi connectivity index (χ2v) is 12.6. The first-order valence-electron chi connectivity index (χ1n) is 17.1. The minimum atomic E-state index is 1.11. The van der Waals surface area contributed by atoms with E-state index < -0.39 is 0 Å². The lowest BCUT2D eigenvalue weighted by Crippen LogP contribution is -2.09. The van der Waals surface area contributed by atoms with Gasteiger partial charge in [0, 0.05) is 33.4 Å². The van der Waals surface area contributed by atoms with Crippen molar-refractivity contribution in [1.82, 2.24) is 4.57 Å². The van der Waals surface area contributed by atoms with E-state index in [1.807, 2.05) is 0 Å². The molecule has 0 fully saturated rings. The summed E-state index contributed by atoms with van der Waals surface area (Å²) in [5.74, 6) is 0. The van der Waals surface area contributed by atoms with E-state index >= 15 is 0 Å². The largest absolute Gasteiger partial charge is 0.311 e. The van der Waals surface area contributed by atoms with Crippen LogP contribution in [0.5, 0.6) is 0 Å². The van der Waals surface area contributed by atoms with Gasteiger partial charge in [-0.2, -0.15) is 0 Å². The van der Waals surface area contributed by atoms with Gasteiger partial charge in [0.25, 0.3) is 0 Å². The first kappa shape index (κ1) is 29.5. The van der Waals surface area contributed by atoms with Crippen LogP contribution in [0, 0.1) is 0 Å². The second kappa shape index (κ2) is 12.8. The zero-order valence-corrected chi connectivity index (χ0v) is 27.5. The van der Waals surface area contributed by atoms with Crippen molar-refractivity contribution in [2.24, 2.45) is 0 Å². The lowest BCUT2D eigenvalue weighted by molar-refractivity contribution is 1.18. The lowest BCUT2D eigenvalue weighted by Gasteiger charge is -2.26. The summed E-state index contributed by atoms with van der Waals surface area (Å²) in [6.45, 7) is 0. The van der Waals surface area contributed by atoms with E-state index in [1.54, 1.807) is 0 Å². The zero-order valence-electron chi connectivity index (χ0n) is 27.5. The molecule has 0 aliphatic rings. The fraction of sp³-hybridized carbons (Fsp3) is 0. The molecule has 0 bridgehead atoms. The lowest BCUT2D eigenvalue weighted by atomic mass is 10.00. The maximum atomic E-state index is 2.40. The van der Waals surface area contributed by atoms with Gasteiger partial charge in [-0.05, 0) is 82.4 Å². The normalized spacial score (nSPS) is 11.2. The highest BCUT2D eigenvalue weighted by molar-refractivity contribution is 6.09. The quantitative estimate of drug-likeness (QED) is 0.169. The SMILES string of the molecule is c1ccc(-c2ccc(-c3ccc(N(c4ccccc4)c4ccc(-c5ccccc5-n5c6ccccc6c6ccccc65)cc4)cc3)cc2)cc1. The van der Waals surface area contributed by atoms with E-state index in [2.05, 4.69) is 216 Å². The van der Waals surface area contributed by atoms with Crippen molar-refractivity contribution in [3.63, 3.8) is 0 Å². The summed E-state index contributed by atoms with van der Waals surface area (Å²) in [4.78, 5) is 2.32. The Hall–Kier alpha value is -6.64. The molecule has 0 atom stereocenters. The van der Waals surface area contributed by atoms with Crippen LogP contribution in [0.1, 0.15) is 0 Å². The van der Waals surface area contributed by atoms with Gasteiger partial charge in [0.2, 0.25) is 0 Å². The van der Waals surface area contributed by atoms with Gasteiger partial charge >= 0.3 is 0 Å². The summed E-state index contributed by atoms with van der Waals surface area (Å²) >= 11 is 0. The van der Waals surface area contributed by atoms with Gasteiger partial charge in [-0.15, -0.1) is 0 Å². The third kappa shape index (κ3) is 5.34. The monoisotopic (exact) mass is 638 g/mol. The maximum absolute atomic E-state index is 2.40. The van der Waals surface area contributed by atoms with Crippen molar-refractivity contribution >= 4 is 38.9 Å². The predicted octanol–water partition coefficient (Wildman–Crippen LogP) is 13.3. The van der Waals surface area contributed by atoms with Crippen LogP contribution in [0.2, 0.25) is 0 Å². The molecule has 2 heteroatoms. The molecular formula is C48H34N2. The third-order valence-corrected chi connectivity index (χ3v) is 9.63. The number of rotatable bonds is 7. The van der Waals surface area contributed by atoms with Gasteiger partial charge in [-0.3, -0.25) is 0 Å². The molecule has 236 valence electrons. The topological polar surface area (TPSA) is 8.17 Å². The van der Waals surface area contributed by atoms with Gasteiger partial charge in [-0.25, -0.2) is 0 Å². The van der Waals surface area contributed by atoms with Crippen molar-refractivity contribution in [2.75, 3.05) is 4.90 Å². The summed E-state index contributed by atoms with van der Waals surface area (Å²) < 4.78 is 2.40.